The molecule has 2 aromatic heterocycles. The van der Waals surface area contributed by atoms with E-state index < -0.39 is 0 Å². The van der Waals surface area contributed by atoms with Crippen LogP contribution in [0.3, 0.4) is 0 Å². The summed E-state index contributed by atoms with van der Waals surface area (Å²) in [5.74, 6) is 0.308. The molecule has 0 aliphatic heterocycles. The number of fused-ring (bicyclic) bond motifs is 3. The van der Waals surface area contributed by atoms with Crippen molar-refractivity contribution < 1.29 is 5.11 Å². The van der Waals surface area contributed by atoms with Crippen LogP contribution in [0.1, 0.15) is 11.1 Å². The van der Waals surface area contributed by atoms with Crippen LogP contribution in [0.4, 0.5) is 0 Å². The van der Waals surface area contributed by atoms with Crippen LogP contribution in [0.5, 0.6) is 5.75 Å². The summed E-state index contributed by atoms with van der Waals surface area (Å²) in [7, 11) is 0. The molecule has 2 heterocycles. The number of rotatable bonds is 2. The van der Waals surface area contributed by atoms with Gasteiger partial charge in [-0.2, -0.15) is 11.3 Å². The number of aromatic nitrogens is 1. The maximum Gasteiger partial charge on any atom is 0.123 e. The van der Waals surface area contributed by atoms with Gasteiger partial charge in [0.05, 0.1) is 11.4 Å². The molecule has 2 nitrogen and oxygen atoms in total. The van der Waals surface area contributed by atoms with E-state index in [2.05, 4.69) is 47.2 Å². The zero-order valence-electron chi connectivity index (χ0n) is 13.4. The lowest BCUT2D eigenvalue weighted by atomic mass is 9.96. The molecule has 0 amide bonds. The first-order chi connectivity index (χ1) is 12.3. The van der Waals surface area contributed by atoms with Gasteiger partial charge >= 0.3 is 0 Å². The lowest BCUT2D eigenvalue weighted by molar-refractivity contribution is 0.477. The van der Waals surface area contributed by atoms with Gasteiger partial charge in [0.25, 0.3) is 0 Å². The second-order valence-corrected chi connectivity index (χ2v) is 7.03. The number of nitrogens with zero attached hydrogens (tertiary/aromatic N) is 1. The Morgan fingerprint density at radius 3 is 2.48 bits per heavy atom. The van der Waals surface area contributed by atoms with Gasteiger partial charge in [-0.05, 0) is 40.3 Å². The number of hydrogen-bond acceptors (Lipinski definition) is 3. The monoisotopic (exact) mass is 341 g/mol. The fourth-order valence-corrected chi connectivity index (χ4v) is 4.22. The standard InChI is InChI=1S/C22H15NOS/c24-21-8-4-3-7-17(21)18-12-20(15-9-10-25-13-15)23-22-16-6-2-1-5-14(16)11-19(18)22/h1-10,12-13,24H,11H2. The Morgan fingerprint density at radius 2 is 1.68 bits per heavy atom. The zero-order valence-corrected chi connectivity index (χ0v) is 14.3. The highest BCUT2D eigenvalue weighted by molar-refractivity contribution is 7.08. The summed E-state index contributed by atoms with van der Waals surface area (Å²) in [6.45, 7) is 0. The summed E-state index contributed by atoms with van der Waals surface area (Å²) in [6, 6.07) is 20.2. The molecule has 0 spiro atoms. The Labute approximate surface area is 150 Å². The van der Waals surface area contributed by atoms with Gasteiger partial charge in [0.15, 0.2) is 0 Å². The number of phenols is 1. The van der Waals surface area contributed by atoms with Crippen LogP contribution in [-0.2, 0) is 6.42 Å². The topological polar surface area (TPSA) is 33.1 Å². The number of phenolic OH excluding ortho intramolecular Hbond substituents is 1. The SMILES string of the molecule is Oc1ccccc1-c1cc(-c2ccsc2)nc2c1Cc1ccccc1-2. The Balaban J connectivity index is 1.82. The molecule has 25 heavy (non-hydrogen) atoms. The molecule has 120 valence electrons. The molecule has 0 atom stereocenters. The molecule has 1 aliphatic carbocycles. The first kappa shape index (κ1) is 14.4. The van der Waals surface area contributed by atoms with Crippen LogP contribution in [0, 0.1) is 0 Å². The van der Waals surface area contributed by atoms with Gasteiger partial charge in [0.2, 0.25) is 0 Å². The molecule has 1 aliphatic rings. The molecule has 3 heteroatoms. The van der Waals surface area contributed by atoms with E-state index in [0.29, 0.717) is 5.75 Å². The minimum Gasteiger partial charge on any atom is -0.507 e. The van der Waals surface area contributed by atoms with Crippen LogP contribution in [0.2, 0.25) is 0 Å². The van der Waals surface area contributed by atoms with Gasteiger partial charge < -0.3 is 5.11 Å². The second kappa shape index (κ2) is 5.57. The lowest BCUT2D eigenvalue weighted by Crippen LogP contribution is -1.94. The van der Waals surface area contributed by atoms with Gasteiger partial charge in [0, 0.05) is 28.5 Å². The van der Waals surface area contributed by atoms with Gasteiger partial charge in [-0.15, -0.1) is 0 Å². The van der Waals surface area contributed by atoms with E-state index in [1.165, 1.54) is 16.7 Å². The predicted molar refractivity (Wildman–Crippen MR) is 103 cm³/mol. The number of benzene rings is 2. The minimum absolute atomic E-state index is 0.308. The van der Waals surface area contributed by atoms with Crippen LogP contribution in [0.25, 0.3) is 33.6 Å². The second-order valence-electron chi connectivity index (χ2n) is 6.25. The van der Waals surface area contributed by atoms with E-state index in [-0.39, 0.29) is 0 Å². The van der Waals surface area contributed by atoms with E-state index in [0.717, 1.165) is 34.5 Å². The lowest BCUT2D eigenvalue weighted by Gasteiger charge is -2.12. The molecule has 0 saturated heterocycles. The van der Waals surface area contributed by atoms with Crippen molar-refractivity contribution in [3.8, 4) is 39.4 Å². The number of para-hydroxylation sites is 1. The van der Waals surface area contributed by atoms with Gasteiger partial charge in [-0.25, -0.2) is 4.98 Å². The van der Waals surface area contributed by atoms with E-state index in [4.69, 9.17) is 4.98 Å². The Hall–Kier alpha value is -2.91. The molecule has 0 radical (unpaired) electrons. The minimum atomic E-state index is 0.308. The maximum atomic E-state index is 10.4. The fourth-order valence-electron chi connectivity index (χ4n) is 3.57. The first-order valence-corrected chi connectivity index (χ1v) is 9.18. The average Bonchev–Trinajstić information content (AvgIpc) is 3.29. The van der Waals surface area contributed by atoms with E-state index in [1.54, 1.807) is 17.4 Å². The quantitative estimate of drug-likeness (QED) is 0.443. The summed E-state index contributed by atoms with van der Waals surface area (Å²) in [5.41, 5.74) is 8.74. The van der Waals surface area contributed by atoms with E-state index in [9.17, 15) is 5.11 Å². The summed E-state index contributed by atoms with van der Waals surface area (Å²) in [6.07, 6.45) is 0.853. The average molecular weight is 341 g/mol. The molecule has 0 bridgehead atoms. The molecule has 5 rings (SSSR count). The molecular weight excluding hydrogens is 326 g/mol. The maximum absolute atomic E-state index is 10.4. The van der Waals surface area contributed by atoms with Crippen molar-refractivity contribution in [1.82, 2.24) is 4.98 Å². The summed E-state index contributed by atoms with van der Waals surface area (Å²) < 4.78 is 0. The Kier molecular flexibility index (Phi) is 3.22. The van der Waals surface area contributed by atoms with Crippen molar-refractivity contribution >= 4 is 11.3 Å². The Bertz CT molecular complexity index is 1080. The first-order valence-electron chi connectivity index (χ1n) is 8.24. The van der Waals surface area contributed by atoms with Crippen LogP contribution in [-0.4, -0.2) is 10.1 Å². The molecule has 1 N–H and O–H groups in total. The third-order valence-electron chi connectivity index (χ3n) is 4.78. The van der Waals surface area contributed by atoms with Crippen molar-refractivity contribution in [3.05, 3.63) is 82.6 Å². The van der Waals surface area contributed by atoms with Crippen LogP contribution in [0.15, 0.2) is 71.4 Å². The molecule has 0 saturated carbocycles. The molecular formula is C22H15NOS. The van der Waals surface area contributed by atoms with Crippen molar-refractivity contribution in [2.24, 2.45) is 0 Å². The van der Waals surface area contributed by atoms with Crippen LogP contribution < -0.4 is 0 Å². The van der Waals surface area contributed by atoms with Crippen molar-refractivity contribution in [1.29, 1.82) is 0 Å². The van der Waals surface area contributed by atoms with E-state index >= 15 is 0 Å². The summed E-state index contributed by atoms with van der Waals surface area (Å²) >= 11 is 1.67. The Morgan fingerprint density at radius 1 is 0.880 bits per heavy atom. The zero-order chi connectivity index (χ0) is 16.8. The van der Waals surface area contributed by atoms with Crippen molar-refractivity contribution in [3.63, 3.8) is 0 Å². The summed E-state index contributed by atoms with van der Waals surface area (Å²) in [5, 5.41) is 14.6. The number of aromatic hydroxyl groups is 1. The highest BCUT2D eigenvalue weighted by atomic mass is 32.1. The molecule has 0 unspecified atom stereocenters. The predicted octanol–water partition coefficient (Wildman–Crippen LogP) is 5.75. The van der Waals surface area contributed by atoms with Crippen LogP contribution >= 0.6 is 11.3 Å². The third kappa shape index (κ3) is 2.28. The largest absolute Gasteiger partial charge is 0.507 e. The number of thiophene rings is 1. The fraction of sp³-hybridized carbons (Fsp3) is 0.0455. The highest BCUT2D eigenvalue weighted by Gasteiger charge is 2.25. The molecule has 2 aromatic carbocycles. The van der Waals surface area contributed by atoms with Crippen molar-refractivity contribution in [2.45, 2.75) is 6.42 Å². The highest BCUT2D eigenvalue weighted by Crippen LogP contribution is 2.44. The van der Waals surface area contributed by atoms with Crippen molar-refractivity contribution in [2.75, 3.05) is 0 Å². The van der Waals surface area contributed by atoms with Gasteiger partial charge in [0.1, 0.15) is 5.75 Å². The third-order valence-corrected chi connectivity index (χ3v) is 5.46. The van der Waals surface area contributed by atoms with Gasteiger partial charge in [-0.1, -0.05) is 42.5 Å². The molecule has 0 fully saturated rings. The number of hydrogen-bond donors (Lipinski definition) is 1. The summed E-state index contributed by atoms with van der Waals surface area (Å²) in [4.78, 5) is 4.98. The smallest absolute Gasteiger partial charge is 0.123 e. The normalized spacial score (nSPS) is 12.0. The molecule has 4 aromatic rings. The number of pyridine rings is 1. The van der Waals surface area contributed by atoms with Gasteiger partial charge in [-0.3, -0.25) is 0 Å². The van der Waals surface area contributed by atoms with E-state index in [1.807, 2.05) is 18.2 Å².